The first-order valence-electron chi connectivity index (χ1n) is 12.4. The van der Waals surface area contributed by atoms with Crippen LogP contribution in [0.3, 0.4) is 0 Å². The van der Waals surface area contributed by atoms with Crippen LogP contribution < -0.4 is 10.4 Å². The number of fused-ring (bicyclic) bond motifs is 2. The van der Waals surface area contributed by atoms with Gasteiger partial charge in [0.2, 0.25) is 5.91 Å². The van der Waals surface area contributed by atoms with Crippen LogP contribution in [-0.2, 0) is 17.8 Å². The number of halogens is 2. The van der Waals surface area contributed by atoms with E-state index in [-0.39, 0.29) is 35.4 Å². The Morgan fingerprint density at radius 2 is 2.08 bits per heavy atom. The fourth-order valence-corrected chi connectivity index (χ4v) is 5.77. The van der Waals surface area contributed by atoms with Crippen LogP contribution in [0.25, 0.3) is 11.0 Å². The standard InChI is InChI=1S/C28H29ClFNO5/c1-17-20-9-8-19(35-16-22-23(29)6-4-7-24(22)30)13-25(20)36-27(33)21(17)14-26(32)31-12-11-28(34)10-3-2-5-18(28)15-31/h4,6-9,13,18,34H,2-3,5,10-12,14-16H2,1H3/t18-,28+/m1/s1. The molecule has 1 aliphatic carbocycles. The van der Waals surface area contributed by atoms with E-state index in [2.05, 4.69) is 0 Å². The Kier molecular flexibility index (Phi) is 6.79. The number of rotatable bonds is 5. The molecule has 0 bridgehead atoms. The van der Waals surface area contributed by atoms with Crippen molar-refractivity contribution in [3.8, 4) is 5.75 Å². The van der Waals surface area contributed by atoms with Gasteiger partial charge in [0.05, 0.1) is 22.6 Å². The number of likely N-dealkylation sites (tertiary alicyclic amines) is 1. The minimum atomic E-state index is -0.662. The zero-order valence-corrected chi connectivity index (χ0v) is 20.9. The number of carbonyl (C=O) groups is 1. The number of aliphatic hydroxyl groups is 1. The van der Waals surface area contributed by atoms with E-state index in [4.69, 9.17) is 20.8 Å². The van der Waals surface area contributed by atoms with E-state index in [1.165, 1.54) is 12.1 Å². The van der Waals surface area contributed by atoms with E-state index in [0.717, 1.165) is 25.7 Å². The molecule has 190 valence electrons. The molecule has 2 fully saturated rings. The highest BCUT2D eigenvalue weighted by Gasteiger charge is 2.43. The molecule has 1 amide bonds. The molecule has 2 heterocycles. The lowest BCUT2D eigenvalue weighted by Crippen LogP contribution is -2.55. The van der Waals surface area contributed by atoms with Gasteiger partial charge in [-0.3, -0.25) is 4.79 Å². The monoisotopic (exact) mass is 513 g/mol. The number of amides is 1. The fraction of sp³-hybridized carbons (Fsp3) is 0.429. The molecule has 5 rings (SSSR count). The summed E-state index contributed by atoms with van der Waals surface area (Å²) >= 11 is 6.06. The molecule has 8 heteroatoms. The molecule has 0 radical (unpaired) electrons. The first-order valence-corrected chi connectivity index (χ1v) is 12.7. The van der Waals surface area contributed by atoms with Gasteiger partial charge in [0.25, 0.3) is 0 Å². The van der Waals surface area contributed by atoms with Gasteiger partial charge in [0.1, 0.15) is 23.8 Å². The van der Waals surface area contributed by atoms with E-state index >= 15 is 0 Å². The van der Waals surface area contributed by atoms with Crippen LogP contribution in [0.2, 0.25) is 5.02 Å². The Hall–Kier alpha value is -2.90. The van der Waals surface area contributed by atoms with Crippen molar-refractivity contribution >= 4 is 28.5 Å². The van der Waals surface area contributed by atoms with E-state index in [1.54, 1.807) is 36.1 Å². The molecule has 3 aromatic rings. The van der Waals surface area contributed by atoms with Crippen molar-refractivity contribution in [3.63, 3.8) is 0 Å². The van der Waals surface area contributed by atoms with Crippen LogP contribution in [0.4, 0.5) is 4.39 Å². The topological polar surface area (TPSA) is 80.0 Å². The number of piperidine rings is 1. The van der Waals surface area contributed by atoms with E-state index in [1.807, 2.05) is 0 Å². The summed E-state index contributed by atoms with van der Waals surface area (Å²) in [6.45, 7) is 2.76. The summed E-state index contributed by atoms with van der Waals surface area (Å²) in [5.74, 6) is -0.0851. The first-order chi connectivity index (χ1) is 17.2. The van der Waals surface area contributed by atoms with Gasteiger partial charge in [-0.25, -0.2) is 9.18 Å². The minimum Gasteiger partial charge on any atom is -0.489 e. The molecule has 2 aromatic carbocycles. The van der Waals surface area contributed by atoms with Crippen LogP contribution >= 0.6 is 11.6 Å². The van der Waals surface area contributed by atoms with Gasteiger partial charge in [0.15, 0.2) is 0 Å². The van der Waals surface area contributed by atoms with Crippen molar-refractivity contribution in [2.75, 3.05) is 13.1 Å². The maximum Gasteiger partial charge on any atom is 0.340 e. The molecule has 2 atom stereocenters. The summed E-state index contributed by atoms with van der Waals surface area (Å²) in [6.07, 6.45) is 4.36. The summed E-state index contributed by atoms with van der Waals surface area (Å²) in [5.41, 5.74) is 0.373. The number of nitrogens with zero attached hydrogens (tertiary/aromatic N) is 1. The molecule has 1 saturated carbocycles. The number of ether oxygens (including phenoxy) is 1. The van der Waals surface area contributed by atoms with Gasteiger partial charge >= 0.3 is 5.63 Å². The molecule has 6 nitrogen and oxygen atoms in total. The Morgan fingerprint density at radius 3 is 2.89 bits per heavy atom. The number of hydrogen-bond acceptors (Lipinski definition) is 5. The predicted molar refractivity (Wildman–Crippen MR) is 135 cm³/mol. The molecule has 1 aromatic heterocycles. The molecule has 0 unspecified atom stereocenters. The van der Waals surface area contributed by atoms with Gasteiger partial charge < -0.3 is 19.2 Å². The maximum atomic E-state index is 14.0. The molecular weight excluding hydrogens is 485 g/mol. The molecule has 1 N–H and O–H groups in total. The molecule has 0 spiro atoms. The summed E-state index contributed by atoms with van der Waals surface area (Å²) in [5, 5.41) is 11.9. The summed E-state index contributed by atoms with van der Waals surface area (Å²) in [6, 6.07) is 9.49. The maximum absolute atomic E-state index is 14.0. The lowest BCUT2D eigenvalue weighted by Gasteiger charge is -2.47. The van der Waals surface area contributed by atoms with Gasteiger partial charge in [-0.15, -0.1) is 0 Å². The third-order valence-corrected chi connectivity index (χ3v) is 8.17. The van der Waals surface area contributed by atoms with Crippen LogP contribution in [0.15, 0.2) is 45.6 Å². The average Bonchev–Trinajstić information content (AvgIpc) is 2.85. The van der Waals surface area contributed by atoms with Crippen molar-refractivity contribution in [1.29, 1.82) is 0 Å². The van der Waals surface area contributed by atoms with Crippen molar-refractivity contribution < 1.29 is 23.4 Å². The second-order valence-electron chi connectivity index (χ2n) is 9.95. The average molecular weight is 514 g/mol. The van der Waals surface area contributed by atoms with Crippen molar-refractivity contribution in [2.24, 2.45) is 5.92 Å². The van der Waals surface area contributed by atoms with Gasteiger partial charge in [-0.1, -0.05) is 30.5 Å². The summed E-state index contributed by atoms with van der Waals surface area (Å²) in [7, 11) is 0. The SMILES string of the molecule is Cc1c(CC(=O)N2CC[C@@]3(O)CCCC[C@@H]3C2)c(=O)oc2cc(OCc3c(F)cccc3Cl)ccc12. The summed E-state index contributed by atoms with van der Waals surface area (Å²) in [4.78, 5) is 27.7. The van der Waals surface area contributed by atoms with Crippen molar-refractivity contribution in [2.45, 2.75) is 57.7 Å². The molecular formula is C28H29ClFNO5. The number of benzene rings is 2. The zero-order valence-electron chi connectivity index (χ0n) is 20.2. The predicted octanol–water partition coefficient (Wildman–Crippen LogP) is 5.17. The lowest BCUT2D eigenvalue weighted by molar-refractivity contribution is -0.142. The summed E-state index contributed by atoms with van der Waals surface area (Å²) < 4.78 is 25.3. The highest BCUT2D eigenvalue weighted by Crippen LogP contribution is 2.40. The van der Waals surface area contributed by atoms with E-state index in [0.29, 0.717) is 47.4 Å². The van der Waals surface area contributed by atoms with Gasteiger partial charge in [-0.05, 0) is 56.0 Å². The molecule has 1 aliphatic heterocycles. The Balaban J connectivity index is 1.32. The van der Waals surface area contributed by atoms with Crippen LogP contribution in [-0.4, -0.2) is 34.6 Å². The lowest BCUT2D eigenvalue weighted by atomic mass is 9.71. The fourth-order valence-electron chi connectivity index (χ4n) is 5.55. The molecule has 1 saturated heterocycles. The number of aryl methyl sites for hydroxylation is 1. The second-order valence-corrected chi connectivity index (χ2v) is 10.4. The van der Waals surface area contributed by atoms with Crippen molar-refractivity contribution in [1.82, 2.24) is 4.90 Å². The third-order valence-electron chi connectivity index (χ3n) is 7.81. The molecule has 36 heavy (non-hydrogen) atoms. The largest absolute Gasteiger partial charge is 0.489 e. The second kappa shape index (κ2) is 9.87. The smallest absolute Gasteiger partial charge is 0.340 e. The normalized spacial score (nSPS) is 21.9. The third kappa shape index (κ3) is 4.74. The van der Waals surface area contributed by atoms with Crippen LogP contribution in [0.5, 0.6) is 5.75 Å². The Labute approximate surface area is 213 Å². The van der Waals surface area contributed by atoms with Crippen molar-refractivity contribution in [3.05, 3.63) is 74.3 Å². The van der Waals surface area contributed by atoms with Gasteiger partial charge in [0, 0.05) is 36.0 Å². The van der Waals surface area contributed by atoms with Crippen LogP contribution in [0.1, 0.15) is 48.8 Å². The zero-order chi connectivity index (χ0) is 25.4. The highest BCUT2D eigenvalue weighted by atomic mass is 35.5. The van der Waals surface area contributed by atoms with E-state index < -0.39 is 17.0 Å². The van der Waals surface area contributed by atoms with Crippen LogP contribution in [0, 0.1) is 18.7 Å². The van der Waals surface area contributed by atoms with E-state index in [9.17, 15) is 19.1 Å². The minimum absolute atomic E-state index is 0.0424. The number of hydrogen-bond donors (Lipinski definition) is 1. The molecule has 2 aliphatic rings. The number of carbonyl (C=O) groups excluding carboxylic acids is 1. The quantitative estimate of drug-likeness (QED) is 0.476. The Bertz CT molecular complexity index is 1350. The Morgan fingerprint density at radius 1 is 1.25 bits per heavy atom. The highest BCUT2D eigenvalue weighted by molar-refractivity contribution is 6.31. The van der Waals surface area contributed by atoms with Gasteiger partial charge in [-0.2, -0.15) is 0 Å². The first kappa shape index (κ1) is 24.8.